The van der Waals surface area contributed by atoms with Crippen molar-refractivity contribution in [2.24, 2.45) is 0 Å². The summed E-state index contributed by atoms with van der Waals surface area (Å²) in [6, 6.07) is 10.2. The van der Waals surface area contributed by atoms with Crippen molar-refractivity contribution in [3.8, 4) is 0 Å². The lowest BCUT2D eigenvalue weighted by Crippen LogP contribution is -2.46. The van der Waals surface area contributed by atoms with Crippen molar-refractivity contribution in [1.29, 1.82) is 0 Å². The van der Waals surface area contributed by atoms with Crippen LogP contribution in [0.15, 0.2) is 47.4 Å². The fraction of sp³-hybridized carbons (Fsp3) is 0.294. The maximum atomic E-state index is 13.0. The Kier molecular flexibility index (Phi) is 4.82. The summed E-state index contributed by atoms with van der Waals surface area (Å²) in [7, 11) is -3.52. The molecule has 0 spiro atoms. The number of nitro benzene ring substituents is 1. The van der Waals surface area contributed by atoms with Crippen molar-refractivity contribution in [1.82, 2.24) is 0 Å². The second kappa shape index (κ2) is 6.91. The first-order valence-corrected chi connectivity index (χ1v) is 9.89. The van der Waals surface area contributed by atoms with Crippen LogP contribution >= 0.6 is 0 Å². The predicted molar refractivity (Wildman–Crippen MR) is 97.0 cm³/mol. The Morgan fingerprint density at radius 2 is 1.58 bits per heavy atom. The minimum atomic E-state index is -3.52. The molecule has 1 aliphatic rings. The summed E-state index contributed by atoms with van der Waals surface area (Å²) in [6.45, 7) is 2.32. The van der Waals surface area contributed by atoms with Crippen LogP contribution in [0.3, 0.4) is 0 Å². The number of piperazine rings is 1. The number of halogens is 1. The lowest BCUT2D eigenvalue weighted by molar-refractivity contribution is -0.384. The summed E-state index contributed by atoms with van der Waals surface area (Å²) in [5, 5.41) is 11.4. The molecule has 2 aromatic rings. The van der Waals surface area contributed by atoms with E-state index in [1.165, 1.54) is 24.3 Å². The van der Waals surface area contributed by atoms with Gasteiger partial charge in [0, 0.05) is 44.2 Å². The number of benzene rings is 2. The van der Waals surface area contributed by atoms with Crippen molar-refractivity contribution in [3.63, 3.8) is 0 Å². The number of anilines is 2. The average molecular weight is 379 g/mol. The lowest BCUT2D eigenvalue weighted by Gasteiger charge is -2.37. The molecule has 0 saturated carbocycles. The minimum absolute atomic E-state index is 0.0714. The number of hydrogen-bond donors (Lipinski definition) is 0. The molecule has 0 bridgehead atoms. The standard InChI is InChI=1S/C17H18FN3O4S/c1-26(24,25)15-6-7-16(17(12-15)21(22)23)20-10-8-19(9-11-20)14-4-2-13(18)3-5-14/h2-7,12H,8-11H2,1H3. The van der Waals surface area contributed by atoms with Crippen LogP contribution in [0, 0.1) is 15.9 Å². The molecule has 26 heavy (non-hydrogen) atoms. The number of hydrogen-bond acceptors (Lipinski definition) is 6. The van der Waals surface area contributed by atoms with E-state index < -0.39 is 14.8 Å². The molecule has 1 fully saturated rings. The van der Waals surface area contributed by atoms with E-state index in [9.17, 15) is 22.9 Å². The third-order valence-electron chi connectivity index (χ3n) is 4.38. The first-order valence-electron chi connectivity index (χ1n) is 7.99. The SMILES string of the molecule is CS(=O)(=O)c1ccc(N2CCN(c3ccc(F)cc3)CC2)c([N+](=O)[O-])c1. The molecule has 0 N–H and O–H groups in total. The fourth-order valence-corrected chi connectivity index (χ4v) is 3.65. The van der Waals surface area contributed by atoms with Crippen molar-refractivity contribution in [2.75, 3.05) is 42.2 Å². The van der Waals surface area contributed by atoms with Gasteiger partial charge in [0.25, 0.3) is 5.69 Å². The molecular formula is C17H18FN3O4S. The van der Waals surface area contributed by atoms with Gasteiger partial charge in [0.15, 0.2) is 9.84 Å². The fourth-order valence-electron chi connectivity index (χ4n) is 3.00. The quantitative estimate of drug-likeness (QED) is 0.599. The molecule has 1 heterocycles. The highest BCUT2D eigenvalue weighted by molar-refractivity contribution is 7.90. The Balaban J connectivity index is 1.80. The molecule has 0 aromatic heterocycles. The second-order valence-corrected chi connectivity index (χ2v) is 8.15. The Bertz CT molecular complexity index is 924. The topological polar surface area (TPSA) is 83.8 Å². The van der Waals surface area contributed by atoms with Crippen molar-refractivity contribution in [3.05, 3.63) is 58.4 Å². The van der Waals surface area contributed by atoms with E-state index in [0.717, 1.165) is 18.0 Å². The average Bonchev–Trinajstić information content (AvgIpc) is 2.61. The maximum Gasteiger partial charge on any atom is 0.293 e. The van der Waals surface area contributed by atoms with Gasteiger partial charge in [-0.15, -0.1) is 0 Å². The summed E-state index contributed by atoms with van der Waals surface area (Å²) < 4.78 is 36.3. The molecular weight excluding hydrogens is 361 g/mol. The maximum absolute atomic E-state index is 13.0. The van der Waals surface area contributed by atoms with Crippen LogP contribution in [-0.4, -0.2) is 45.8 Å². The van der Waals surface area contributed by atoms with E-state index in [-0.39, 0.29) is 16.4 Å². The molecule has 0 atom stereocenters. The zero-order chi connectivity index (χ0) is 18.9. The van der Waals surface area contributed by atoms with Gasteiger partial charge in [0.2, 0.25) is 0 Å². The van der Waals surface area contributed by atoms with Gasteiger partial charge in [-0.3, -0.25) is 10.1 Å². The number of sulfone groups is 1. The van der Waals surface area contributed by atoms with Crippen LogP contribution in [0.25, 0.3) is 0 Å². The van der Waals surface area contributed by atoms with E-state index in [0.29, 0.717) is 31.9 Å². The zero-order valence-electron chi connectivity index (χ0n) is 14.1. The molecule has 9 heteroatoms. The van der Waals surface area contributed by atoms with Crippen molar-refractivity contribution >= 4 is 26.9 Å². The first kappa shape index (κ1) is 18.1. The lowest BCUT2D eigenvalue weighted by atomic mass is 10.2. The smallest absolute Gasteiger partial charge is 0.293 e. The summed E-state index contributed by atoms with van der Waals surface area (Å²) in [4.78, 5) is 14.7. The Labute approximate surface area is 150 Å². The molecule has 0 amide bonds. The number of nitrogens with zero attached hydrogens (tertiary/aromatic N) is 3. The van der Waals surface area contributed by atoms with Gasteiger partial charge in [-0.1, -0.05) is 0 Å². The highest BCUT2D eigenvalue weighted by Crippen LogP contribution is 2.32. The van der Waals surface area contributed by atoms with Crippen molar-refractivity contribution < 1.29 is 17.7 Å². The van der Waals surface area contributed by atoms with Crippen LogP contribution in [0.2, 0.25) is 0 Å². The second-order valence-electron chi connectivity index (χ2n) is 6.13. The monoisotopic (exact) mass is 379 g/mol. The summed E-state index contributed by atoms with van der Waals surface area (Å²) in [5.74, 6) is -0.297. The summed E-state index contributed by atoms with van der Waals surface area (Å²) in [6.07, 6.45) is 1.02. The van der Waals surface area contributed by atoms with E-state index in [1.807, 2.05) is 4.90 Å². The van der Waals surface area contributed by atoms with E-state index in [2.05, 4.69) is 4.90 Å². The highest BCUT2D eigenvalue weighted by atomic mass is 32.2. The number of rotatable bonds is 4. The largest absolute Gasteiger partial charge is 0.368 e. The normalized spacial score (nSPS) is 15.2. The van der Waals surface area contributed by atoms with Gasteiger partial charge in [-0.2, -0.15) is 0 Å². The number of nitro groups is 1. The highest BCUT2D eigenvalue weighted by Gasteiger charge is 2.25. The molecule has 138 valence electrons. The first-order chi connectivity index (χ1) is 12.3. The predicted octanol–water partition coefficient (Wildman–Crippen LogP) is 2.46. The van der Waals surface area contributed by atoms with Gasteiger partial charge in [-0.25, -0.2) is 12.8 Å². The van der Waals surface area contributed by atoms with E-state index in [4.69, 9.17) is 0 Å². The van der Waals surface area contributed by atoms with E-state index in [1.54, 1.807) is 12.1 Å². The molecule has 0 unspecified atom stereocenters. The molecule has 1 aliphatic heterocycles. The van der Waals surface area contributed by atoms with Gasteiger partial charge >= 0.3 is 0 Å². The molecule has 3 rings (SSSR count). The van der Waals surface area contributed by atoms with Crippen LogP contribution in [0.4, 0.5) is 21.5 Å². The Morgan fingerprint density at radius 1 is 1.00 bits per heavy atom. The van der Waals surface area contributed by atoms with E-state index >= 15 is 0 Å². The summed E-state index contributed by atoms with van der Waals surface area (Å²) >= 11 is 0. The van der Waals surface area contributed by atoms with Crippen LogP contribution < -0.4 is 9.80 Å². The molecule has 2 aromatic carbocycles. The Hall–Kier alpha value is -2.68. The van der Waals surface area contributed by atoms with Crippen LogP contribution in [-0.2, 0) is 9.84 Å². The van der Waals surface area contributed by atoms with Gasteiger partial charge in [0.1, 0.15) is 11.5 Å². The minimum Gasteiger partial charge on any atom is -0.368 e. The molecule has 0 radical (unpaired) electrons. The summed E-state index contributed by atoms with van der Waals surface area (Å²) in [5.41, 5.74) is 1.08. The zero-order valence-corrected chi connectivity index (χ0v) is 14.9. The van der Waals surface area contributed by atoms with Crippen molar-refractivity contribution in [2.45, 2.75) is 4.90 Å². The third kappa shape index (κ3) is 3.77. The van der Waals surface area contributed by atoms with Crippen LogP contribution in [0.5, 0.6) is 0 Å². The molecule has 7 nitrogen and oxygen atoms in total. The Morgan fingerprint density at radius 3 is 2.12 bits per heavy atom. The molecule has 0 aliphatic carbocycles. The van der Waals surface area contributed by atoms with Gasteiger partial charge in [-0.05, 0) is 36.4 Å². The van der Waals surface area contributed by atoms with Crippen LogP contribution in [0.1, 0.15) is 0 Å². The van der Waals surface area contributed by atoms with Gasteiger partial charge < -0.3 is 9.80 Å². The van der Waals surface area contributed by atoms with Gasteiger partial charge in [0.05, 0.1) is 9.82 Å². The molecule has 1 saturated heterocycles. The third-order valence-corrected chi connectivity index (χ3v) is 5.49.